The number of carbonyl (C=O) groups is 1. The summed E-state index contributed by atoms with van der Waals surface area (Å²) < 4.78 is 51.6. The van der Waals surface area contributed by atoms with Crippen LogP contribution in [-0.2, 0) is 16.0 Å². The van der Waals surface area contributed by atoms with E-state index in [1.54, 1.807) is 6.07 Å². The van der Waals surface area contributed by atoms with Crippen LogP contribution in [0.25, 0.3) is 5.57 Å². The molecule has 2 aliphatic heterocycles. The Morgan fingerprint density at radius 1 is 1.27 bits per heavy atom. The largest absolute Gasteiger partial charge is 0.475 e. The standard InChI is InChI=1S/C21H22F3N5O4/c22-21(23,24)20(12-30)10-13-8-15(16(9-17(13)33-20)29-4-6-32-7-5-29)28-19(31)14(11-25)18-26-2-1-3-27-18/h1-3,8-9,11,30H,4-7,10,12,25H2,(H,28,31)/b14-11+/t20-/m0/s1. The van der Waals surface area contributed by atoms with E-state index in [4.69, 9.17) is 15.2 Å². The predicted octanol–water partition coefficient (Wildman–Crippen LogP) is 1.48. The van der Waals surface area contributed by atoms with Crippen LogP contribution in [0.5, 0.6) is 5.75 Å². The summed E-state index contributed by atoms with van der Waals surface area (Å²) in [6.07, 6.45) is -1.40. The van der Waals surface area contributed by atoms with Crippen molar-refractivity contribution in [3.8, 4) is 5.75 Å². The fourth-order valence-corrected chi connectivity index (χ4v) is 3.78. The lowest BCUT2D eigenvalue weighted by Gasteiger charge is -2.31. The molecule has 0 radical (unpaired) electrons. The molecule has 12 heteroatoms. The molecule has 2 aliphatic rings. The second kappa shape index (κ2) is 8.87. The van der Waals surface area contributed by atoms with Crippen LogP contribution < -0.4 is 20.7 Å². The number of ether oxygens (including phenoxy) is 2. The average Bonchev–Trinajstić information content (AvgIpc) is 3.19. The van der Waals surface area contributed by atoms with E-state index in [-0.39, 0.29) is 28.4 Å². The summed E-state index contributed by atoms with van der Waals surface area (Å²) in [5, 5.41) is 12.2. The number of rotatable bonds is 5. The number of nitrogens with one attached hydrogen (secondary N) is 1. The third-order valence-electron chi connectivity index (χ3n) is 5.55. The quantitative estimate of drug-likeness (QED) is 0.568. The molecule has 1 aromatic carbocycles. The van der Waals surface area contributed by atoms with E-state index in [1.165, 1.54) is 24.5 Å². The highest BCUT2D eigenvalue weighted by Gasteiger charge is 2.60. The molecular formula is C21H22F3N5O4. The minimum Gasteiger partial charge on any atom is -0.475 e. The molecule has 2 aromatic rings. The van der Waals surface area contributed by atoms with Gasteiger partial charge in [-0.15, -0.1) is 0 Å². The summed E-state index contributed by atoms with van der Waals surface area (Å²) in [7, 11) is 0. The van der Waals surface area contributed by atoms with Gasteiger partial charge in [-0.05, 0) is 12.1 Å². The van der Waals surface area contributed by atoms with Crippen molar-refractivity contribution in [1.82, 2.24) is 9.97 Å². The van der Waals surface area contributed by atoms with Gasteiger partial charge >= 0.3 is 6.18 Å². The molecule has 1 atom stereocenters. The zero-order chi connectivity index (χ0) is 23.6. The zero-order valence-corrected chi connectivity index (χ0v) is 17.4. The summed E-state index contributed by atoms with van der Waals surface area (Å²) in [6, 6.07) is 4.46. The van der Waals surface area contributed by atoms with Crippen LogP contribution in [0, 0.1) is 0 Å². The first-order chi connectivity index (χ1) is 15.8. The van der Waals surface area contributed by atoms with Gasteiger partial charge in [0, 0.05) is 49.7 Å². The summed E-state index contributed by atoms with van der Waals surface area (Å²) in [5.74, 6) is -0.519. The number of halogens is 3. The van der Waals surface area contributed by atoms with Crippen molar-refractivity contribution in [3.05, 3.63) is 48.2 Å². The smallest absolute Gasteiger partial charge is 0.430 e. The number of aromatic nitrogens is 2. The van der Waals surface area contributed by atoms with Crippen molar-refractivity contribution in [2.45, 2.75) is 18.2 Å². The van der Waals surface area contributed by atoms with Gasteiger partial charge in [0.1, 0.15) is 5.75 Å². The number of benzene rings is 1. The first-order valence-corrected chi connectivity index (χ1v) is 10.1. The van der Waals surface area contributed by atoms with Gasteiger partial charge in [0.2, 0.25) is 5.60 Å². The molecule has 1 amide bonds. The van der Waals surface area contributed by atoms with Crippen molar-refractivity contribution >= 4 is 22.9 Å². The van der Waals surface area contributed by atoms with Crippen molar-refractivity contribution in [3.63, 3.8) is 0 Å². The highest BCUT2D eigenvalue weighted by Crippen LogP contribution is 2.47. The number of anilines is 2. The van der Waals surface area contributed by atoms with Crippen LogP contribution in [0.1, 0.15) is 11.4 Å². The van der Waals surface area contributed by atoms with Gasteiger partial charge < -0.3 is 30.5 Å². The minimum atomic E-state index is -4.79. The zero-order valence-electron chi connectivity index (χ0n) is 17.4. The summed E-state index contributed by atoms with van der Waals surface area (Å²) in [5.41, 5.74) is 3.84. The van der Waals surface area contributed by atoms with Crippen LogP contribution in [0.4, 0.5) is 24.5 Å². The molecule has 0 aliphatic carbocycles. The van der Waals surface area contributed by atoms with E-state index in [0.717, 1.165) is 6.20 Å². The van der Waals surface area contributed by atoms with Crippen molar-refractivity contribution in [2.75, 3.05) is 43.1 Å². The molecule has 33 heavy (non-hydrogen) atoms. The highest BCUT2D eigenvalue weighted by molar-refractivity contribution is 6.24. The second-order valence-corrected chi connectivity index (χ2v) is 7.61. The van der Waals surface area contributed by atoms with Crippen LogP contribution in [0.2, 0.25) is 0 Å². The number of aliphatic hydroxyl groups is 1. The fourth-order valence-electron chi connectivity index (χ4n) is 3.78. The first kappa shape index (κ1) is 22.8. The van der Waals surface area contributed by atoms with Crippen molar-refractivity contribution in [1.29, 1.82) is 0 Å². The van der Waals surface area contributed by atoms with Crippen LogP contribution >= 0.6 is 0 Å². The van der Waals surface area contributed by atoms with E-state index >= 15 is 0 Å². The van der Waals surface area contributed by atoms with E-state index in [9.17, 15) is 23.1 Å². The minimum absolute atomic E-state index is 0.000252. The second-order valence-electron chi connectivity index (χ2n) is 7.61. The SMILES string of the molecule is N/C=C(/C(=O)Nc1cc2c(cc1N1CCOCC1)O[C@@](CO)(C(F)(F)F)C2)c1ncccn1. The number of nitrogens with zero attached hydrogens (tertiary/aromatic N) is 3. The molecule has 1 fully saturated rings. The van der Waals surface area contributed by atoms with E-state index < -0.39 is 30.7 Å². The Hall–Kier alpha value is -3.38. The predicted molar refractivity (Wildman–Crippen MR) is 113 cm³/mol. The molecular weight excluding hydrogens is 443 g/mol. The Balaban J connectivity index is 1.71. The number of fused-ring (bicyclic) bond motifs is 1. The highest BCUT2D eigenvalue weighted by atomic mass is 19.4. The van der Waals surface area contributed by atoms with Gasteiger partial charge in [0.05, 0.1) is 36.8 Å². The van der Waals surface area contributed by atoms with Gasteiger partial charge in [-0.2, -0.15) is 13.2 Å². The summed E-state index contributed by atoms with van der Waals surface area (Å²) in [4.78, 5) is 22.9. The number of hydrogen-bond donors (Lipinski definition) is 3. The topological polar surface area (TPSA) is 123 Å². The molecule has 4 N–H and O–H groups in total. The lowest BCUT2D eigenvalue weighted by Crippen LogP contribution is -2.52. The van der Waals surface area contributed by atoms with E-state index in [2.05, 4.69) is 15.3 Å². The van der Waals surface area contributed by atoms with Crippen molar-refractivity contribution < 1.29 is 32.5 Å². The maximum atomic E-state index is 13.7. The Kier molecular flexibility index (Phi) is 6.13. The van der Waals surface area contributed by atoms with Gasteiger partial charge in [-0.1, -0.05) is 0 Å². The molecule has 1 aromatic heterocycles. The molecule has 9 nitrogen and oxygen atoms in total. The molecule has 3 heterocycles. The number of hydrogen-bond acceptors (Lipinski definition) is 8. The summed E-state index contributed by atoms with van der Waals surface area (Å²) in [6.45, 7) is 0.534. The molecule has 0 unspecified atom stereocenters. The summed E-state index contributed by atoms with van der Waals surface area (Å²) >= 11 is 0. The number of nitrogens with two attached hydrogens (primary N) is 1. The number of morpholine rings is 1. The normalized spacial score (nSPS) is 20.8. The average molecular weight is 465 g/mol. The van der Waals surface area contributed by atoms with Crippen LogP contribution in [0.15, 0.2) is 36.8 Å². The third kappa shape index (κ3) is 4.31. The molecule has 1 saturated heterocycles. The maximum absolute atomic E-state index is 13.7. The Morgan fingerprint density at radius 3 is 2.58 bits per heavy atom. The molecule has 0 saturated carbocycles. The Labute approximate surface area is 187 Å². The maximum Gasteiger partial charge on any atom is 0.430 e. The first-order valence-electron chi connectivity index (χ1n) is 10.1. The van der Waals surface area contributed by atoms with Gasteiger partial charge in [-0.25, -0.2) is 9.97 Å². The monoisotopic (exact) mass is 465 g/mol. The number of alkyl halides is 3. The van der Waals surface area contributed by atoms with Gasteiger partial charge in [0.15, 0.2) is 5.82 Å². The molecule has 0 bridgehead atoms. The van der Waals surface area contributed by atoms with Crippen LogP contribution in [0.3, 0.4) is 0 Å². The van der Waals surface area contributed by atoms with Crippen molar-refractivity contribution in [2.24, 2.45) is 5.73 Å². The van der Waals surface area contributed by atoms with Crippen LogP contribution in [-0.4, -0.2) is 65.7 Å². The van der Waals surface area contributed by atoms with E-state index in [0.29, 0.717) is 32.0 Å². The number of aliphatic hydroxyl groups excluding tert-OH is 1. The molecule has 176 valence electrons. The third-order valence-corrected chi connectivity index (χ3v) is 5.55. The Bertz CT molecular complexity index is 1060. The fraction of sp³-hybridized carbons (Fsp3) is 0.381. The van der Waals surface area contributed by atoms with E-state index in [1.807, 2.05) is 4.90 Å². The van der Waals surface area contributed by atoms with Gasteiger partial charge in [-0.3, -0.25) is 4.79 Å². The lowest BCUT2D eigenvalue weighted by molar-refractivity contribution is -0.252. The number of amides is 1. The molecule has 0 spiro atoms. The Morgan fingerprint density at radius 2 is 1.97 bits per heavy atom. The van der Waals surface area contributed by atoms with Gasteiger partial charge in [0.25, 0.3) is 5.91 Å². The molecule has 4 rings (SSSR count). The lowest BCUT2D eigenvalue weighted by atomic mass is 9.96. The number of carbonyl (C=O) groups excluding carboxylic acids is 1.